The molecule has 2 aliphatic heterocycles. The number of ether oxygens (including phenoxy) is 2. The van der Waals surface area contributed by atoms with Gasteiger partial charge in [0.2, 0.25) is 0 Å². The number of rotatable bonds is 3. The van der Waals surface area contributed by atoms with Gasteiger partial charge in [0.05, 0.1) is 25.6 Å². The Morgan fingerprint density at radius 1 is 1.04 bits per heavy atom. The van der Waals surface area contributed by atoms with Gasteiger partial charge in [-0.3, -0.25) is 4.79 Å². The molecule has 7 heteroatoms. The molecule has 0 radical (unpaired) electrons. The highest BCUT2D eigenvalue weighted by Crippen LogP contribution is 2.31. The number of benzene rings is 1. The van der Waals surface area contributed by atoms with Gasteiger partial charge in [0.15, 0.2) is 11.5 Å². The van der Waals surface area contributed by atoms with Gasteiger partial charge in [-0.2, -0.15) is 15.1 Å². The van der Waals surface area contributed by atoms with Gasteiger partial charge in [0.25, 0.3) is 11.9 Å². The van der Waals surface area contributed by atoms with E-state index in [1.54, 1.807) is 31.4 Å². The molecule has 1 fully saturated rings. The Balaban J connectivity index is 1.70. The third kappa shape index (κ3) is 2.71. The minimum atomic E-state index is -0.336. The van der Waals surface area contributed by atoms with Crippen LogP contribution >= 0.6 is 0 Å². The van der Waals surface area contributed by atoms with E-state index >= 15 is 0 Å². The summed E-state index contributed by atoms with van der Waals surface area (Å²) < 4.78 is 10.6. The van der Waals surface area contributed by atoms with Gasteiger partial charge in [-0.15, -0.1) is 0 Å². The first-order valence-corrected chi connectivity index (χ1v) is 8.22. The van der Waals surface area contributed by atoms with Crippen LogP contribution in [0, 0.1) is 0 Å². The van der Waals surface area contributed by atoms with Gasteiger partial charge in [-0.1, -0.05) is 6.07 Å². The molecule has 2 heterocycles. The van der Waals surface area contributed by atoms with Crippen LogP contribution in [0.4, 0.5) is 0 Å². The van der Waals surface area contributed by atoms with Crippen molar-refractivity contribution in [1.29, 1.82) is 0 Å². The number of nitrogens with zero attached hydrogens (tertiary/aromatic N) is 4. The predicted octanol–water partition coefficient (Wildman–Crippen LogP) is 2.63. The number of guanidine groups is 1. The normalized spacial score (nSPS) is 20.6. The van der Waals surface area contributed by atoms with E-state index in [1.807, 2.05) is 12.1 Å². The van der Waals surface area contributed by atoms with E-state index < -0.39 is 0 Å². The van der Waals surface area contributed by atoms with E-state index in [0.717, 1.165) is 42.7 Å². The topological polar surface area (TPSA) is 75.8 Å². The summed E-state index contributed by atoms with van der Waals surface area (Å²) in [4.78, 5) is 20.9. The molecule has 1 saturated carbocycles. The van der Waals surface area contributed by atoms with Crippen LogP contribution < -0.4 is 9.47 Å². The van der Waals surface area contributed by atoms with Crippen molar-refractivity contribution in [1.82, 2.24) is 5.01 Å². The van der Waals surface area contributed by atoms with E-state index in [1.165, 1.54) is 0 Å². The van der Waals surface area contributed by atoms with Crippen molar-refractivity contribution in [3.05, 3.63) is 29.5 Å². The zero-order chi connectivity index (χ0) is 17.4. The summed E-state index contributed by atoms with van der Waals surface area (Å²) in [5.41, 5.74) is 3.11. The Bertz CT molecular complexity index is 867. The van der Waals surface area contributed by atoms with Crippen molar-refractivity contribution >= 4 is 29.4 Å². The predicted molar refractivity (Wildman–Crippen MR) is 95.1 cm³/mol. The highest BCUT2D eigenvalue weighted by atomic mass is 16.5. The molecule has 4 rings (SSSR count). The summed E-state index contributed by atoms with van der Waals surface area (Å²) in [5.74, 6) is 1.25. The smallest absolute Gasteiger partial charge is 0.299 e. The Hall–Kier alpha value is -2.96. The average molecular weight is 338 g/mol. The van der Waals surface area contributed by atoms with E-state index in [2.05, 4.69) is 15.1 Å². The maximum absolute atomic E-state index is 12.3. The second-order valence-corrected chi connectivity index (χ2v) is 5.99. The Kier molecular flexibility index (Phi) is 3.83. The van der Waals surface area contributed by atoms with Gasteiger partial charge in [-0.05, 0) is 49.5 Å². The number of hydrazone groups is 1. The monoisotopic (exact) mass is 338 g/mol. The Morgan fingerprint density at radius 3 is 2.56 bits per heavy atom. The quantitative estimate of drug-likeness (QED) is 0.794. The molecule has 1 aromatic rings. The summed E-state index contributed by atoms with van der Waals surface area (Å²) in [5, 5.41) is 6.16. The molecule has 0 atom stereocenters. The van der Waals surface area contributed by atoms with Gasteiger partial charge < -0.3 is 9.47 Å². The summed E-state index contributed by atoms with van der Waals surface area (Å²) in [6.45, 7) is 0. The van der Waals surface area contributed by atoms with E-state index in [9.17, 15) is 4.79 Å². The fourth-order valence-electron chi connectivity index (χ4n) is 3.13. The average Bonchev–Trinajstić information content (AvgIpc) is 2.94. The van der Waals surface area contributed by atoms with Gasteiger partial charge in [0.1, 0.15) is 5.70 Å². The summed E-state index contributed by atoms with van der Waals surface area (Å²) >= 11 is 0. The number of hydrogen-bond acceptors (Lipinski definition) is 6. The fourth-order valence-corrected chi connectivity index (χ4v) is 3.13. The van der Waals surface area contributed by atoms with Crippen molar-refractivity contribution in [2.75, 3.05) is 14.2 Å². The molecule has 0 N–H and O–H groups in total. The van der Waals surface area contributed by atoms with Crippen LogP contribution in [0.3, 0.4) is 0 Å². The Labute approximate surface area is 145 Å². The lowest BCUT2D eigenvalue weighted by atomic mass is 9.96. The summed E-state index contributed by atoms with van der Waals surface area (Å²) in [6, 6.07) is 5.46. The highest BCUT2D eigenvalue weighted by Gasteiger charge is 2.34. The van der Waals surface area contributed by atoms with Crippen LogP contribution in [0.2, 0.25) is 0 Å². The zero-order valence-corrected chi connectivity index (χ0v) is 14.2. The molecule has 0 saturated heterocycles. The first-order valence-electron chi connectivity index (χ1n) is 8.22. The van der Waals surface area contributed by atoms with Gasteiger partial charge in [0, 0.05) is 0 Å². The SMILES string of the molecule is COc1ccc(C=C2C(=O)N=C3N=C4CCCCC4=NN23)cc1OC. The molecular formula is C18H18N4O3. The first-order chi connectivity index (χ1) is 12.2. The molecule has 0 aromatic heterocycles. The largest absolute Gasteiger partial charge is 0.493 e. The zero-order valence-electron chi connectivity index (χ0n) is 14.2. The van der Waals surface area contributed by atoms with E-state index in [-0.39, 0.29) is 5.91 Å². The molecule has 25 heavy (non-hydrogen) atoms. The summed E-state index contributed by atoms with van der Waals surface area (Å²) in [6.07, 6.45) is 5.73. The molecule has 128 valence electrons. The lowest BCUT2D eigenvalue weighted by Crippen LogP contribution is -2.33. The third-order valence-corrected chi connectivity index (χ3v) is 4.42. The van der Waals surface area contributed by atoms with Crippen LogP contribution in [0.5, 0.6) is 11.5 Å². The number of hydrogen-bond donors (Lipinski definition) is 0. The third-order valence-electron chi connectivity index (χ3n) is 4.42. The van der Waals surface area contributed by atoms with Gasteiger partial charge in [-0.25, -0.2) is 4.99 Å². The van der Waals surface area contributed by atoms with Crippen molar-refractivity contribution in [3.63, 3.8) is 0 Å². The number of carbonyl (C=O) groups excluding carboxylic acids is 1. The molecule has 3 aliphatic rings. The number of carbonyl (C=O) groups is 1. The number of methoxy groups -OCH3 is 2. The molecule has 1 aromatic carbocycles. The molecular weight excluding hydrogens is 320 g/mol. The molecule has 0 spiro atoms. The van der Waals surface area contributed by atoms with Crippen molar-refractivity contribution in [2.45, 2.75) is 25.7 Å². The lowest BCUT2D eigenvalue weighted by molar-refractivity contribution is -0.114. The van der Waals surface area contributed by atoms with Crippen LogP contribution in [0.25, 0.3) is 6.08 Å². The summed E-state index contributed by atoms with van der Waals surface area (Å²) in [7, 11) is 3.16. The van der Waals surface area contributed by atoms with Crippen LogP contribution in [0.1, 0.15) is 31.2 Å². The van der Waals surface area contributed by atoms with Crippen LogP contribution in [-0.2, 0) is 4.79 Å². The first kappa shape index (κ1) is 15.6. The van der Waals surface area contributed by atoms with Gasteiger partial charge >= 0.3 is 0 Å². The minimum Gasteiger partial charge on any atom is -0.493 e. The fraction of sp³-hybridized carbons (Fsp3) is 0.333. The maximum Gasteiger partial charge on any atom is 0.299 e. The molecule has 1 amide bonds. The Morgan fingerprint density at radius 2 is 1.80 bits per heavy atom. The second-order valence-electron chi connectivity index (χ2n) is 5.99. The van der Waals surface area contributed by atoms with Crippen LogP contribution in [-0.4, -0.2) is 42.5 Å². The van der Waals surface area contributed by atoms with E-state index in [4.69, 9.17) is 9.47 Å². The van der Waals surface area contributed by atoms with E-state index in [0.29, 0.717) is 23.2 Å². The maximum atomic E-state index is 12.3. The van der Waals surface area contributed by atoms with Crippen molar-refractivity contribution in [2.24, 2.45) is 15.1 Å². The highest BCUT2D eigenvalue weighted by molar-refractivity contribution is 6.45. The molecule has 0 unspecified atom stereocenters. The second kappa shape index (κ2) is 6.16. The van der Waals surface area contributed by atoms with Crippen LogP contribution in [0.15, 0.2) is 39.0 Å². The van der Waals surface area contributed by atoms with Crippen molar-refractivity contribution < 1.29 is 14.3 Å². The van der Waals surface area contributed by atoms with Crippen molar-refractivity contribution in [3.8, 4) is 11.5 Å². The number of aliphatic imine (C=N–C) groups is 2. The number of fused-ring (bicyclic) bond motifs is 2. The molecule has 0 bridgehead atoms. The molecule has 1 aliphatic carbocycles. The minimum absolute atomic E-state index is 0.336. The standard InChI is InChI=1S/C18H18N4O3/c1-24-15-8-7-11(10-16(15)25-2)9-14-17(23)20-18-19-12-5-3-4-6-13(12)21-22(14)18/h7-10H,3-6H2,1-2H3. The lowest BCUT2D eigenvalue weighted by Gasteiger charge is -2.24. The number of amides is 1. The molecule has 7 nitrogen and oxygen atoms in total.